The van der Waals surface area contributed by atoms with E-state index in [0.717, 1.165) is 5.82 Å². The maximum atomic E-state index is 4.24. The zero-order valence-electron chi connectivity index (χ0n) is 12.9. The number of nitrogens with one attached hydrogen (secondary N) is 1. The molecule has 0 aliphatic carbocycles. The number of aromatic nitrogens is 4. The van der Waals surface area contributed by atoms with Gasteiger partial charge in [-0.2, -0.15) is 5.21 Å². The van der Waals surface area contributed by atoms with Crippen molar-refractivity contribution in [2.45, 2.75) is 90.4 Å². The maximum absolute atomic E-state index is 4.24. The molecule has 110 valence electrons. The van der Waals surface area contributed by atoms with E-state index >= 15 is 0 Å². The average molecular weight is 266 g/mol. The Labute approximate surface area is 117 Å². The highest BCUT2D eigenvalue weighted by molar-refractivity contribution is 5.02. The van der Waals surface area contributed by atoms with E-state index in [4.69, 9.17) is 0 Å². The maximum Gasteiger partial charge on any atom is 0.180 e. The molecule has 0 radical (unpaired) electrons. The number of nitrogens with zero attached hydrogens (tertiary/aromatic N) is 3. The summed E-state index contributed by atoms with van der Waals surface area (Å²) < 4.78 is 0. The van der Waals surface area contributed by atoms with Gasteiger partial charge in [-0.05, 0) is 12.8 Å². The van der Waals surface area contributed by atoms with Crippen LogP contribution in [0.1, 0.15) is 90.8 Å². The van der Waals surface area contributed by atoms with Crippen LogP contribution >= 0.6 is 0 Å². The Morgan fingerprint density at radius 2 is 1.47 bits per heavy atom. The molecule has 0 atom stereocenters. The van der Waals surface area contributed by atoms with Gasteiger partial charge in [0.05, 0.1) is 0 Å². The van der Waals surface area contributed by atoms with Crippen LogP contribution in [0, 0.1) is 0 Å². The molecule has 0 fully saturated rings. The molecular formula is C15H30N4. The molecule has 0 spiro atoms. The molecule has 4 nitrogen and oxygen atoms in total. The minimum atomic E-state index is 0.106. The summed E-state index contributed by atoms with van der Waals surface area (Å²) in [7, 11) is 0. The summed E-state index contributed by atoms with van der Waals surface area (Å²) in [5, 5.41) is 14.8. The number of aromatic amines is 1. The van der Waals surface area contributed by atoms with Crippen LogP contribution in [0.15, 0.2) is 0 Å². The second kappa shape index (κ2) is 9.05. The van der Waals surface area contributed by atoms with Gasteiger partial charge in [-0.25, -0.2) is 0 Å². The van der Waals surface area contributed by atoms with Gasteiger partial charge < -0.3 is 0 Å². The largest absolute Gasteiger partial charge is 0.180 e. The zero-order chi connectivity index (χ0) is 14.0. The van der Waals surface area contributed by atoms with Crippen LogP contribution in [0.5, 0.6) is 0 Å². The Balaban J connectivity index is 2.47. The first-order valence-electron chi connectivity index (χ1n) is 7.97. The molecule has 0 amide bonds. The van der Waals surface area contributed by atoms with Crippen molar-refractivity contribution < 1.29 is 0 Å². The van der Waals surface area contributed by atoms with E-state index in [1.54, 1.807) is 0 Å². The van der Waals surface area contributed by atoms with Gasteiger partial charge in [0, 0.05) is 5.41 Å². The molecule has 1 aromatic rings. The monoisotopic (exact) mass is 266 g/mol. The topological polar surface area (TPSA) is 54.5 Å². The van der Waals surface area contributed by atoms with E-state index < -0.39 is 0 Å². The molecule has 0 aliphatic rings. The van der Waals surface area contributed by atoms with Gasteiger partial charge in [-0.15, -0.1) is 10.2 Å². The standard InChI is InChI=1S/C15H30N4/c1-4-6-8-10-12-15(3,13-11-9-7-5-2)14-16-18-19-17-14/h4-13H2,1-3H3,(H,16,17,18,19). The van der Waals surface area contributed by atoms with Crippen molar-refractivity contribution in [1.82, 2.24) is 20.6 Å². The van der Waals surface area contributed by atoms with Gasteiger partial charge in [0.1, 0.15) is 0 Å². The van der Waals surface area contributed by atoms with Crippen molar-refractivity contribution in [2.75, 3.05) is 0 Å². The molecule has 0 aliphatic heterocycles. The van der Waals surface area contributed by atoms with E-state index in [1.807, 2.05) is 0 Å². The van der Waals surface area contributed by atoms with Crippen molar-refractivity contribution >= 4 is 0 Å². The van der Waals surface area contributed by atoms with E-state index in [9.17, 15) is 0 Å². The summed E-state index contributed by atoms with van der Waals surface area (Å²) in [6.07, 6.45) is 12.8. The Hall–Kier alpha value is -0.930. The first-order chi connectivity index (χ1) is 9.23. The average Bonchev–Trinajstić information content (AvgIpc) is 2.95. The zero-order valence-corrected chi connectivity index (χ0v) is 12.9. The highest BCUT2D eigenvalue weighted by Crippen LogP contribution is 2.32. The lowest BCUT2D eigenvalue weighted by Gasteiger charge is -2.26. The third-order valence-corrected chi connectivity index (χ3v) is 4.05. The van der Waals surface area contributed by atoms with Crippen molar-refractivity contribution in [3.05, 3.63) is 5.82 Å². The molecule has 1 heterocycles. The van der Waals surface area contributed by atoms with Crippen molar-refractivity contribution in [1.29, 1.82) is 0 Å². The summed E-state index contributed by atoms with van der Waals surface area (Å²) in [4.78, 5) is 0. The SMILES string of the molecule is CCCCCCC(C)(CCCCCC)c1nn[nH]n1. The number of hydrogen-bond acceptors (Lipinski definition) is 3. The van der Waals surface area contributed by atoms with Gasteiger partial charge >= 0.3 is 0 Å². The normalized spacial score (nSPS) is 11.9. The fourth-order valence-electron chi connectivity index (χ4n) is 2.65. The highest BCUT2D eigenvalue weighted by atomic mass is 15.5. The second-order valence-corrected chi connectivity index (χ2v) is 5.92. The fourth-order valence-corrected chi connectivity index (χ4v) is 2.65. The van der Waals surface area contributed by atoms with Gasteiger partial charge in [-0.3, -0.25) is 0 Å². The predicted octanol–water partition coefficient (Wildman–Crippen LogP) is 4.40. The van der Waals surface area contributed by atoms with Crippen LogP contribution in [0.4, 0.5) is 0 Å². The second-order valence-electron chi connectivity index (χ2n) is 5.92. The van der Waals surface area contributed by atoms with Crippen molar-refractivity contribution in [3.63, 3.8) is 0 Å². The third-order valence-electron chi connectivity index (χ3n) is 4.05. The summed E-state index contributed by atoms with van der Waals surface area (Å²) in [5.41, 5.74) is 0.106. The number of H-pyrrole nitrogens is 1. The molecule has 0 saturated carbocycles. The highest BCUT2D eigenvalue weighted by Gasteiger charge is 2.29. The van der Waals surface area contributed by atoms with Crippen LogP contribution in [0.3, 0.4) is 0 Å². The molecule has 0 aromatic carbocycles. The van der Waals surface area contributed by atoms with Crippen LogP contribution < -0.4 is 0 Å². The van der Waals surface area contributed by atoms with Crippen LogP contribution in [-0.2, 0) is 5.41 Å². The molecule has 0 bridgehead atoms. The summed E-state index contributed by atoms with van der Waals surface area (Å²) >= 11 is 0. The van der Waals surface area contributed by atoms with Gasteiger partial charge in [-0.1, -0.05) is 77.4 Å². The Morgan fingerprint density at radius 1 is 0.895 bits per heavy atom. The summed E-state index contributed by atoms with van der Waals surface area (Å²) in [6, 6.07) is 0. The van der Waals surface area contributed by atoms with Gasteiger partial charge in [0.15, 0.2) is 5.82 Å². The third kappa shape index (κ3) is 5.70. The number of unbranched alkanes of at least 4 members (excludes halogenated alkanes) is 6. The molecule has 4 heteroatoms. The first-order valence-corrected chi connectivity index (χ1v) is 7.97. The van der Waals surface area contributed by atoms with Crippen molar-refractivity contribution in [3.8, 4) is 0 Å². The smallest absolute Gasteiger partial charge is 0.177 e. The lowest BCUT2D eigenvalue weighted by Crippen LogP contribution is -2.24. The molecule has 19 heavy (non-hydrogen) atoms. The number of rotatable bonds is 11. The molecule has 0 saturated heterocycles. The van der Waals surface area contributed by atoms with E-state index in [2.05, 4.69) is 41.4 Å². The van der Waals surface area contributed by atoms with E-state index in [1.165, 1.54) is 64.2 Å². The quantitative estimate of drug-likeness (QED) is 0.604. The van der Waals surface area contributed by atoms with Crippen LogP contribution in [-0.4, -0.2) is 20.6 Å². The number of hydrogen-bond donors (Lipinski definition) is 1. The molecule has 1 N–H and O–H groups in total. The molecular weight excluding hydrogens is 236 g/mol. The van der Waals surface area contributed by atoms with Gasteiger partial charge in [0.2, 0.25) is 0 Å². The summed E-state index contributed by atoms with van der Waals surface area (Å²) in [5.74, 6) is 0.903. The van der Waals surface area contributed by atoms with Crippen molar-refractivity contribution in [2.24, 2.45) is 0 Å². The first kappa shape index (κ1) is 16.1. The Kier molecular flexibility index (Phi) is 7.68. The van der Waals surface area contributed by atoms with E-state index in [-0.39, 0.29) is 5.41 Å². The Morgan fingerprint density at radius 3 is 1.89 bits per heavy atom. The molecule has 1 aromatic heterocycles. The molecule has 0 unspecified atom stereocenters. The molecule has 1 rings (SSSR count). The van der Waals surface area contributed by atoms with E-state index in [0.29, 0.717) is 0 Å². The van der Waals surface area contributed by atoms with Crippen LogP contribution in [0.25, 0.3) is 0 Å². The van der Waals surface area contributed by atoms with Crippen LogP contribution in [0.2, 0.25) is 0 Å². The summed E-state index contributed by atoms with van der Waals surface area (Å²) in [6.45, 7) is 6.81. The lowest BCUT2D eigenvalue weighted by molar-refractivity contribution is 0.346. The predicted molar refractivity (Wildman–Crippen MR) is 79.0 cm³/mol. The fraction of sp³-hybridized carbons (Fsp3) is 0.933. The van der Waals surface area contributed by atoms with Gasteiger partial charge in [0.25, 0.3) is 0 Å². The Bertz CT molecular complexity index is 296. The minimum Gasteiger partial charge on any atom is -0.177 e. The lowest BCUT2D eigenvalue weighted by atomic mass is 9.79. The minimum absolute atomic E-state index is 0.106. The number of tetrazole rings is 1.